The summed E-state index contributed by atoms with van der Waals surface area (Å²) >= 11 is 0. The zero-order valence-electron chi connectivity index (χ0n) is 11.0. The lowest BCUT2D eigenvalue weighted by molar-refractivity contribution is 0.324. The number of rotatable bonds is 7. The van der Waals surface area contributed by atoms with Crippen LogP contribution in [0.2, 0.25) is 0 Å². The lowest BCUT2D eigenvalue weighted by Crippen LogP contribution is -2.12. The molecule has 3 heteroatoms. The number of benzene rings is 1. The third kappa shape index (κ3) is 3.93. The van der Waals surface area contributed by atoms with Gasteiger partial charge in [-0.2, -0.15) is 0 Å². The van der Waals surface area contributed by atoms with E-state index in [-0.39, 0.29) is 6.04 Å². The van der Waals surface area contributed by atoms with Crippen LogP contribution >= 0.6 is 0 Å². The number of ether oxygens (including phenoxy) is 2. The van der Waals surface area contributed by atoms with Gasteiger partial charge in [0.15, 0.2) is 0 Å². The number of nitrogens with two attached hydrogens (primary N) is 1. The first-order valence-corrected chi connectivity index (χ1v) is 6.38. The minimum absolute atomic E-state index is 0.0157. The zero-order chi connectivity index (χ0) is 12.7. The van der Waals surface area contributed by atoms with E-state index in [1.165, 1.54) is 0 Å². The Morgan fingerprint density at radius 2 is 1.82 bits per heavy atom. The first-order chi connectivity index (χ1) is 8.22. The summed E-state index contributed by atoms with van der Waals surface area (Å²) < 4.78 is 11.1. The van der Waals surface area contributed by atoms with Gasteiger partial charge in [-0.3, -0.25) is 0 Å². The molecule has 0 fully saturated rings. The van der Waals surface area contributed by atoms with E-state index in [1.54, 1.807) is 0 Å². The first-order valence-electron chi connectivity index (χ1n) is 6.38. The van der Waals surface area contributed by atoms with Gasteiger partial charge < -0.3 is 15.2 Å². The highest BCUT2D eigenvalue weighted by molar-refractivity contribution is 5.42. The van der Waals surface area contributed by atoms with Crippen molar-refractivity contribution < 1.29 is 9.47 Å². The molecule has 0 bridgehead atoms. The van der Waals surface area contributed by atoms with Crippen molar-refractivity contribution in [1.29, 1.82) is 0 Å². The lowest BCUT2D eigenvalue weighted by Gasteiger charge is -2.17. The van der Waals surface area contributed by atoms with E-state index in [0.29, 0.717) is 13.2 Å². The van der Waals surface area contributed by atoms with Gasteiger partial charge in [0, 0.05) is 11.6 Å². The molecule has 0 heterocycles. The molecule has 96 valence electrons. The van der Waals surface area contributed by atoms with Gasteiger partial charge in [-0.15, -0.1) is 0 Å². The van der Waals surface area contributed by atoms with Crippen LogP contribution in [0.3, 0.4) is 0 Å². The van der Waals surface area contributed by atoms with Crippen LogP contribution in [0.25, 0.3) is 0 Å². The van der Waals surface area contributed by atoms with E-state index < -0.39 is 0 Å². The average Bonchev–Trinajstić information content (AvgIpc) is 2.32. The molecule has 17 heavy (non-hydrogen) atoms. The molecule has 0 aliphatic carbocycles. The second-order valence-electron chi connectivity index (χ2n) is 3.96. The summed E-state index contributed by atoms with van der Waals surface area (Å²) in [7, 11) is 0. The third-order valence-corrected chi connectivity index (χ3v) is 2.59. The van der Waals surface area contributed by atoms with E-state index in [0.717, 1.165) is 29.9 Å². The summed E-state index contributed by atoms with van der Waals surface area (Å²) in [6.45, 7) is 7.40. The van der Waals surface area contributed by atoms with Crippen molar-refractivity contribution in [2.24, 2.45) is 5.73 Å². The molecule has 0 amide bonds. The maximum Gasteiger partial charge on any atom is 0.124 e. The molecular formula is C14H23NO2. The molecule has 1 atom stereocenters. The van der Waals surface area contributed by atoms with Gasteiger partial charge in [0.1, 0.15) is 11.5 Å². The zero-order valence-corrected chi connectivity index (χ0v) is 11.0. The van der Waals surface area contributed by atoms with Gasteiger partial charge in [0.25, 0.3) is 0 Å². The Bertz CT molecular complexity index is 339. The minimum atomic E-state index is 0.0157. The first kappa shape index (κ1) is 13.8. The number of hydrogen-bond acceptors (Lipinski definition) is 3. The maximum absolute atomic E-state index is 6.17. The molecule has 1 aromatic carbocycles. The summed E-state index contributed by atoms with van der Waals surface area (Å²) in [5, 5.41) is 0. The molecule has 0 radical (unpaired) electrons. The van der Waals surface area contributed by atoms with Crippen molar-refractivity contribution in [2.45, 2.75) is 39.7 Å². The van der Waals surface area contributed by atoms with Gasteiger partial charge in [-0.05, 0) is 38.5 Å². The molecule has 0 aliphatic rings. The minimum Gasteiger partial charge on any atom is -0.494 e. The Kier molecular flexibility index (Phi) is 5.84. The fraction of sp³-hybridized carbons (Fsp3) is 0.571. The van der Waals surface area contributed by atoms with Crippen molar-refractivity contribution in [2.75, 3.05) is 13.2 Å². The van der Waals surface area contributed by atoms with Crippen molar-refractivity contribution in [1.82, 2.24) is 0 Å². The molecule has 0 aliphatic heterocycles. The van der Waals surface area contributed by atoms with Crippen molar-refractivity contribution in [3.05, 3.63) is 23.8 Å². The molecule has 0 spiro atoms. The van der Waals surface area contributed by atoms with Gasteiger partial charge in [0.2, 0.25) is 0 Å². The fourth-order valence-electron chi connectivity index (χ4n) is 1.83. The number of hydrogen-bond donors (Lipinski definition) is 1. The molecule has 1 aromatic rings. The monoisotopic (exact) mass is 237 g/mol. The predicted molar refractivity (Wildman–Crippen MR) is 70.6 cm³/mol. The van der Waals surface area contributed by atoms with Crippen LogP contribution < -0.4 is 15.2 Å². The van der Waals surface area contributed by atoms with E-state index in [4.69, 9.17) is 15.2 Å². The summed E-state index contributed by atoms with van der Waals surface area (Å²) in [5.74, 6) is 1.73. The van der Waals surface area contributed by atoms with Crippen LogP contribution in [0.1, 0.15) is 45.2 Å². The summed E-state index contributed by atoms with van der Waals surface area (Å²) in [4.78, 5) is 0. The summed E-state index contributed by atoms with van der Waals surface area (Å²) in [6, 6.07) is 5.88. The second-order valence-corrected chi connectivity index (χ2v) is 3.96. The van der Waals surface area contributed by atoms with E-state index in [1.807, 2.05) is 32.0 Å². The van der Waals surface area contributed by atoms with Gasteiger partial charge >= 0.3 is 0 Å². The average molecular weight is 237 g/mol. The highest BCUT2D eigenvalue weighted by Gasteiger charge is 2.12. The Hall–Kier alpha value is -1.22. The molecule has 0 aromatic heterocycles. The van der Waals surface area contributed by atoms with Gasteiger partial charge in [-0.25, -0.2) is 0 Å². The standard InChI is InChI=1S/C14H23NO2/c1-4-7-13(15)12-10-11(16-5-2)8-9-14(12)17-6-3/h8-10,13H,4-7,15H2,1-3H3. The summed E-state index contributed by atoms with van der Waals surface area (Å²) in [5.41, 5.74) is 7.21. The largest absolute Gasteiger partial charge is 0.494 e. The quantitative estimate of drug-likeness (QED) is 0.791. The molecular weight excluding hydrogens is 214 g/mol. The van der Waals surface area contributed by atoms with E-state index in [9.17, 15) is 0 Å². The molecule has 0 saturated carbocycles. The summed E-state index contributed by atoms with van der Waals surface area (Å²) in [6.07, 6.45) is 2.02. The van der Waals surface area contributed by atoms with Crippen LogP contribution in [-0.4, -0.2) is 13.2 Å². The highest BCUT2D eigenvalue weighted by Crippen LogP contribution is 2.30. The normalized spacial score (nSPS) is 12.2. The van der Waals surface area contributed by atoms with E-state index >= 15 is 0 Å². The predicted octanol–water partition coefficient (Wildman–Crippen LogP) is 3.28. The van der Waals surface area contributed by atoms with E-state index in [2.05, 4.69) is 6.92 Å². The molecule has 2 N–H and O–H groups in total. The Balaban J connectivity index is 2.97. The third-order valence-electron chi connectivity index (χ3n) is 2.59. The molecule has 0 saturated heterocycles. The van der Waals surface area contributed by atoms with Crippen LogP contribution in [0.15, 0.2) is 18.2 Å². The Morgan fingerprint density at radius 3 is 2.41 bits per heavy atom. The van der Waals surface area contributed by atoms with Gasteiger partial charge in [0.05, 0.1) is 13.2 Å². The van der Waals surface area contributed by atoms with Crippen LogP contribution in [0.4, 0.5) is 0 Å². The molecule has 3 nitrogen and oxygen atoms in total. The van der Waals surface area contributed by atoms with Crippen LogP contribution in [-0.2, 0) is 0 Å². The smallest absolute Gasteiger partial charge is 0.124 e. The lowest BCUT2D eigenvalue weighted by atomic mass is 10.0. The van der Waals surface area contributed by atoms with Gasteiger partial charge in [-0.1, -0.05) is 13.3 Å². The fourth-order valence-corrected chi connectivity index (χ4v) is 1.83. The van der Waals surface area contributed by atoms with Crippen molar-refractivity contribution in [3.8, 4) is 11.5 Å². The maximum atomic E-state index is 6.17. The van der Waals surface area contributed by atoms with Crippen LogP contribution in [0.5, 0.6) is 11.5 Å². The van der Waals surface area contributed by atoms with Crippen molar-refractivity contribution in [3.63, 3.8) is 0 Å². The molecule has 1 unspecified atom stereocenters. The van der Waals surface area contributed by atoms with Crippen molar-refractivity contribution >= 4 is 0 Å². The molecule has 1 rings (SSSR count). The van der Waals surface area contributed by atoms with Crippen LogP contribution in [0, 0.1) is 0 Å². The topological polar surface area (TPSA) is 44.5 Å². The Labute approximate surface area is 104 Å². The highest BCUT2D eigenvalue weighted by atomic mass is 16.5. The Morgan fingerprint density at radius 1 is 1.12 bits per heavy atom. The SMILES string of the molecule is CCCC(N)c1cc(OCC)ccc1OCC. The second kappa shape index (κ2) is 7.17.